The fourth-order valence-corrected chi connectivity index (χ4v) is 1.81. The van der Waals surface area contributed by atoms with Gasteiger partial charge in [-0.3, -0.25) is 0 Å². The largest absolute Gasteiger partial charge is 0.302 e. The molecule has 0 fully saturated rings. The van der Waals surface area contributed by atoms with E-state index in [9.17, 15) is 0 Å². The number of hydrogen-bond acceptors (Lipinski definition) is 4. The van der Waals surface area contributed by atoms with Crippen molar-refractivity contribution in [1.29, 1.82) is 0 Å². The molecule has 1 aromatic heterocycles. The molecular weight excluding hydrogens is 262 g/mol. The first-order chi connectivity index (χ1) is 8.83. The van der Waals surface area contributed by atoms with Crippen molar-refractivity contribution in [1.82, 2.24) is 25.1 Å². The maximum absolute atomic E-state index is 4.39. The lowest BCUT2D eigenvalue weighted by molar-refractivity contribution is 0.277. The molecule has 0 atom stereocenters. The molecular formula is C13H20ClN5. The van der Waals surface area contributed by atoms with Gasteiger partial charge in [0.1, 0.15) is 0 Å². The molecule has 0 N–H and O–H groups in total. The molecule has 5 nitrogen and oxygen atoms in total. The Hall–Kier alpha value is -1.46. The van der Waals surface area contributed by atoms with Crippen molar-refractivity contribution in [3.05, 3.63) is 30.3 Å². The van der Waals surface area contributed by atoms with Crippen LogP contribution in [0.2, 0.25) is 0 Å². The first-order valence-corrected chi connectivity index (χ1v) is 6.39. The highest BCUT2D eigenvalue weighted by molar-refractivity contribution is 5.85. The molecule has 104 valence electrons. The van der Waals surface area contributed by atoms with Crippen molar-refractivity contribution in [2.24, 2.45) is 0 Å². The first-order valence-electron chi connectivity index (χ1n) is 6.39. The number of rotatable bonds is 6. The highest BCUT2D eigenvalue weighted by Crippen LogP contribution is 2.11. The zero-order chi connectivity index (χ0) is 12.8. The van der Waals surface area contributed by atoms with E-state index in [0.717, 1.165) is 31.7 Å². The Balaban J connectivity index is 0.00000180. The smallest absolute Gasteiger partial charge is 0.204 e. The van der Waals surface area contributed by atoms with Gasteiger partial charge in [0.15, 0.2) is 0 Å². The van der Waals surface area contributed by atoms with E-state index in [-0.39, 0.29) is 12.4 Å². The quantitative estimate of drug-likeness (QED) is 0.814. The Morgan fingerprint density at radius 2 is 1.79 bits per heavy atom. The van der Waals surface area contributed by atoms with E-state index < -0.39 is 0 Å². The minimum absolute atomic E-state index is 0. The summed E-state index contributed by atoms with van der Waals surface area (Å²) in [4.78, 5) is 4.01. The van der Waals surface area contributed by atoms with E-state index in [1.165, 1.54) is 0 Å². The molecule has 0 aliphatic heterocycles. The van der Waals surface area contributed by atoms with Crippen LogP contribution in [0.1, 0.15) is 13.8 Å². The van der Waals surface area contributed by atoms with Crippen LogP contribution in [0.15, 0.2) is 30.3 Å². The minimum atomic E-state index is 0. The molecule has 2 aromatic rings. The van der Waals surface area contributed by atoms with Crippen molar-refractivity contribution in [3.63, 3.8) is 0 Å². The predicted octanol–water partition coefficient (Wildman–Crippen LogP) is 2.10. The Kier molecular flexibility index (Phi) is 6.45. The number of nitrogens with zero attached hydrogens (tertiary/aromatic N) is 5. The number of benzene rings is 1. The van der Waals surface area contributed by atoms with Crippen LogP contribution in [0.4, 0.5) is 0 Å². The maximum Gasteiger partial charge on any atom is 0.204 e. The van der Waals surface area contributed by atoms with Gasteiger partial charge >= 0.3 is 0 Å². The second-order valence-electron chi connectivity index (χ2n) is 4.10. The maximum atomic E-state index is 4.39. The molecule has 1 heterocycles. The topological polar surface area (TPSA) is 46.8 Å². The van der Waals surface area contributed by atoms with Crippen LogP contribution in [0, 0.1) is 0 Å². The van der Waals surface area contributed by atoms with Crippen molar-refractivity contribution in [2.45, 2.75) is 20.4 Å². The van der Waals surface area contributed by atoms with Crippen LogP contribution in [-0.2, 0) is 6.54 Å². The molecule has 0 unspecified atom stereocenters. The summed E-state index contributed by atoms with van der Waals surface area (Å²) >= 11 is 0. The molecule has 2 rings (SSSR count). The van der Waals surface area contributed by atoms with Crippen LogP contribution in [0.25, 0.3) is 11.4 Å². The fourth-order valence-electron chi connectivity index (χ4n) is 1.81. The van der Waals surface area contributed by atoms with Crippen LogP contribution >= 0.6 is 12.4 Å². The van der Waals surface area contributed by atoms with E-state index in [2.05, 4.69) is 34.2 Å². The summed E-state index contributed by atoms with van der Waals surface area (Å²) in [7, 11) is 0. The van der Waals surface area contributed by atoms with Crippen molar-refractivity contribution in [3.8, 4) is 11.4 Å². The van der Waals surface area contributed by atoms with Gasteiger partial charge in [-0.15, -0.1) is 22.6 Å². The Bertz CT molecular complexity index is 467. The van der Waals surface area contributed by atoms with Crippen LogP contribution in [-0.4, -0.2) is 44.7 Å². The van der Waals surface area contributed by atoms with Gasteiger partial charge in [-0.05, 0) is 18.3 Å². The zero-order valence-corrected chi connectivity index (χ0v) is 12.2. The molecule has 0 saturated carbocycles. The third-order valence-corrected chi connectivity index (χ3v) is 3.00. The summed E-state index contributed by atoms with van der Waals surface area (Å²) in [5.41, 5.74) is 1.01. The van der Waals surface area contributed by atoms with Crippen LogP contribution in [0.5, 0.6) is 0 Å². The molecule has 0 radical (unpaired) electrons. The number of likely N-dealkylation sites (N-methyl/N-ethyl adjacent to an activating group) is 1. The molecule has 0 aliphatic rings. The Morgan fingerprint density at radius 1 is 1.11 bits per heavy atom. The normalized spacial score (nSPS) is 10.5. The highest BCUT2D eigenvalue weighted by Gasteiger charge is 2.06. The van der Waals surface area contributed by atoms with Gasteiger partial charge in [-0.1, -0.05) is 44.2 Å². The summed E-state index contributed by atoms with van der Waals surface area (Å²) in [6, 6.07) is 9.92. The highest BCUT2D eigenvalue weighted by atomic mass is 35.5. The lowest BCUT2D eigenvalue weighted by Gasteiger charge is -2.16. The van der Waals surface area contributed by atoms with E-state index in [4.69, 9.17) is 0 Å². The van der Waals surface area contributed by atoms with Crippen molar-refractivity contribution in [2.75, 3.05) is 19.6 Å². The van der Waals surface area contributed by atoms with Crippen LogP contribution < -0.4 is 0 Å². The third kappa shape index (κ3) is 4.29. The van der Waals surface area contributed by atoms with E-state index in [0.29, 0.717) is 5.82 Å². The average Bonchev–Trinajstić information content (AvgIpc) is 2.90. The second-order valence-corrected chi connectivity index (χ2v) is 4.10. The molecule has 6 heteroatoms. The molecule has 0 saturated heterocycles. The Labute approximate surface area is 120 Å². The fraction of sp³-hybridized carbons (Fsp3) is 0.462. The molecule has 19 heavy (non-hydrogen) atoms. The second kappa shape index (κ2) is 7.86. The van der Waals surface area contributed by atoms with Gasteiger partial charge in [0, 0.05) is 12.1 Å². The molecule has 0 amide bonds. The van der Waals surface area contributed by atoms with Gasteiger partial charge in [0.05, 0.1) is 6.54 Å². The van der Waals surface area contributed by atoms with Crippen molar-refractivity contribution >= 4 is 12.4 Å². The van der Waals surface area contributed by atoms with Gasteiger partial charge in [-0.2, -0.15) is 4.80 Å². The predicted molar refractivity (Wildman–Crippen MR) is 78.3 cm³/mol. The van der Waals surface area contributed by atoms with Gasteiger partial charge in [0.25, 0.3) is 0 Å². The monoisotopic (exact) mass is 281 g/mol. The summed E-state index contributed by atoms with van der Waals surface area (Å²) in [6.07, 6.45) is 0. The lowest BCUT2D eigenvalue weighted by Crippen LogP contribution is -2.27. The average molecular weight is 282 g/mol. The lowest BCUT2D eigenvalue weighted by atomic mass is 10.2. The summed E-state index contributed by atoms with van der Waals surface area (Å²) < 4.78 is 0. The number of tetrazole rings is 1. The van der Waals surface area contributed by atoms with Gasteiger partial charge in [0.2, 0.25) is 5.82 Å². The molecule has 1 aromatic carbocycles. The molecule has 0 aliphatic carbocycles. The summed E-state index contributed by atoms with van der Waals surface area (Å²) in [5.74, 6) is 0.690. The van der Waals surface area contributed by atoms with E-state index in [1.807, 2.05) is 30.3 Å². The van der Waals surface area contributed by atoms with Gasteiger partial charge in [-0.25, -0.2) is 0 Å². The Morgan fingerprint density at radius 3 is 2.42 bits per heavy atom. The first kappa shape index (κ1) is 15.6. The number of halogens is 1. The van der Waals surface area contributed by atoms with E-state index in [1.54, 1.807) is 4.80 Å². The molecule has 0 bridgehead atoms. The molecule has 0 spiro atoms. The SMILES string of the molecule is CCN(CC)CCn1nnc(-c2ccccc2)n1.Cl. The number of hydrogen-bond donors (Lipinski definition) is 0. The standard InChI is InChI=1S/C13H19N5.ClH/c1-3-17(4-2)10-11-18-15-13(14-16-18)12-8-6-5-7-9-12;/h5-9H,3-4,10-11H2,1-2H3;1H. The van der Waals surface area contributed by atoms with E-state index >= 15 is 0 Å². The summed E-state index contributed by atoms with van der Waals surface area (Å²) in [5, 5.41) is 12.6. The van der Waals surface area contributed by atoms with Crippen LogP contribution in [0.3, 0.4) is 0 Å². The van der Waals surface area contributed by atoms with Gasteiger partial charge < -0.3 is 4.90 Å². The number of aromatic nitrogens is 4. The minimum Gasteiger partial charge on any atom is -0.302 e. The zero-order valence-electron chi connectivity index (χ0n) is 11.4. The third-order valence-electron chi connectivity index (χ3n) is 3.00. The van der Waals surface area contributed by atoms with Crippen molar-refractivity contribution < 1.29 is 0 Å². The summed E-state index contributed by atoms with van der Waals surface area (Å²) in [6.45, 7) is 8.16.